The largest absolute Gasteiger partial charge is 0.383 e. The van der Waals surface area contributed by atoms with E-state index in [1.54, 1.807) is 7.11 Å². The van der Waals surface area contributed by atoms with Crippen molar-refractivity contribution >= 4 is 0 Å². The van der Waals surface area contributed by atoms with E-state index in [1.807, 2.05) is 17.9 Å². The Morgan fingerprint density at radius 1 is 1.53 bits per heavy atom. The zero-order chi connectivity index (χ0) is 12.7. The Labute approximate surface area is 104 Å². The number of methoxy groups -OCH3 is 1. The predicted octanol–water partition coefficient (Wildman–Crippen LogP) is 0.443. The first-order valence-corrected chi connectivity index (χ1v) is 6.05. The van der Waals surface area contributed by atoms with E-state index in [0.29, 0.717) is 6.04 Å². The van der Waals surface area contributed by atoms with Gasteiger partial charge in [0, 0.05) is 51.1 Å². The Kier molecular flexibility index (Phi) is 6.18. The minimum absolute atomic E-state index is 0.437. The van der Waals surface area contributed by atoms with Gasteiger partial charge in [-0.25, -0.2) is 0 Å². The van der Waals surface area contributed by atoms with Crippen LogP contribution in [0, 0.1) is 6.92 Å². The number of aryl methyl sites for hydroxylation is 1. The van der Waals surface area contributed by atoms with E-state index in [-0.39, 0.29) is 0 Å². The fourth-order valence-electron chi connectivity index (χ4n) is 1.57. The number of aromatic nitrogens is 2. The lowest BCUT2D eigenvalue weighted by Crippen LogP contribution is -2.37. The first kappa shape index (κ1) is 14.2. The molecule has 0 aliphatic rings. The molecule has 0 aromatic carbocycles. The lowest BCUT2D eigenvalue weighted by molar-refractivity contribution is 0.198. The van der Waals surface area contributed by atoms with Gasteiger partial charge in [-0.05, 0) is 13.8 Å². The van der Waals surface area contributed by atoms with Crippen LogP contribution in [0.15, 0.2) is 6.20 Å². The summed E-state index contributed by atoms with van der Waals surface area (Å²) in [6.45, 7) is 7.73. The topological polar surface area (TPSA) is 51.1 Å². The quantitative estimate of drug-likeness (QED) is 0.648. The average molecular weight is 240 g/mol. The van der Waals surface area contributed by atoms with Crippen LogP contribution in [0.25, 0.3) is 0 Å². The first-order valence-electron chi connectivity index (χ1n) is 6.05. The second kappa shape index (κ2) is 7.42. The van der Waals surface area contributed by atoms with E-state index < -0.39 is 0 Å². The van der Waals surface area contributed by atoms with Crippen LogP contribution in [0.1, 0.15) is 18.2 Å². The molecule has 0 saturated heterocycles. The Morgan fingerprint density at radius 3 is 2.88 bits per heavy atom. The maximum absolute atomic E-state index is 4.98. The van der Waals surface area contributed by atoms with Crippen LogP contribution in [0.5, 0.6) is 0 Å². The maximum Gasteiger partial charge on any atom is 0.0587 e. The first-order chi connectivity index (χ1) is 8.15. The van der Waals surface area contributed by atoms with E-state index in [1.165, 1.54) is 11.3 Å². The standard InChI is InChI=1S/C12H24N4O/c1-10(7-13-5-6-17-4)14-8-12-9-15-16(3)11(12)2/h9-10,13-14H,5-8H2,1-4H3. The van der Waals surface area contributed by atoms with Gasteiger partial charge in [0.1, 0.15) is 0 Å². The van der Waals surface area contributed by atoms with Gasteiger partial charge in [0.2, 0.25) is 0 Å². The number of hydrogen-bond donors (Lipinski definition) is 2. The van der Waals surface area contributed by atoms with E-state index in [2.05, 4.69) is 29.6 Å². The number of hydrogen-bond acceptors (Lipinski definition) is 4. The third kappa shape index (κ3) is 4.85. The van der Waals surface area contributed by atoms with Gasteiger partial charge < -0.3 is 15.4 Å². The van der Waals surface area contributed by atoms with Crippen LogP contribution in [-0.2, 0) is 18.3 Å². The van der Waals surface area contributed by atoms with Gasteiger partial charge in [-0.15, -0.1) is 0 Å². The molecule has 0 spiro atoms. The van der Waals surface area contributed by atoms with Crippen LogP contribution in [-0.4, -0.2) is 42.6 Å². The number of nitrogens with zero attached hydrogens (tertiary/aromatic N) is 2. The summed E-state index contributed by atoms with van der Waals surface area (Å²) in [4.78, 5) is 0. The van der Waals surface area contributed by atoms with Crippen molar-refractivity contribution in [3.05, 3.63) is 17.5 Å². The Morgan fingerprint density at radius 2 is 2.29 bits per heavy atom. The van der Waals surface area contributed by atoms with Crippen molar-refractivity contribution in [2.45, 2.75) is 26.4 Å². The molecule has 1 heterocycles. The van der Waals surface area contributed by atoms with E-state index in [9.17, 15) is 0 Å². The lowest BCUT2D eigenvalue weighted by atomic mass is 10.2. The summed E-state index contributed by atoms with van der Waals surface area (Å²) < 4.78 is 6.88. The van der Waals surface area contributed by atoms with Crippen LogP contribution < -0.4 is 10.6 Å². The summed E-state index contributed by atoms with van der Waals surface area (Å²) >= 11 is 0. The zero-order valence-electron chi connectivity index (χ0n) is 11.3. The molecule has 5 nitrogen and oxygen atoms in total. The Hall–Kier alpha value is -0.910. The van der Waals surface area contributed by atoms with Gasteiger partial charge in [-0.3, -0.25) is 4.68 Å². The van der Waals surface area contributed by atoms with Gasteiger partial charge in [-0.1, -0.05) is 0 Å². The van der Waals surface area contributed by atoms with Crippen LogP contribution in [0.3, 0.4) is 0 Å². The fraction of sp³-hybridized carbons (Fsp3) is 0.750. The molecule has 1 unspecified atom stereocenters. The van der Waals surface area contributed by atoms with Crippen molar-refractivity contribution in [3.8, 4) is 0 Å². The third-order valence-corrected chi connectivity index (χ3v) is 2.91. The highest BCUT2D eigenvalue weighted by atomic mass is 16.5. The molecule has 0 aliphatic carbocycles. The second-order valence-corrected chi connectivity index (χ2v) is 4.36. The molecule has 1 aromatic heterocycles. The van der Waals surface area contributed by atoms with Gasteiger partial charge in [0.15, 0.2) is 0 Å². The molecule has 0 saturated carbocycles. The van der Waals surface area contributed by atoms with Crippen molar-refractivity contribution in [1.29, 1.82) is 0 Å². The highest BCUT2D eigenvalue weighted by Crippen LogP contribution is 2.04. The van der Waals surface area contributed by atoms with Crippen LogP contribution in [0.2, 0.25) is 0 Å². The van der Waals surface area contributed by atoms with E-state index in [0.717, 1.165) is 26.2 Å². The molecular weight excluding hydrogens is 216 g/mol. The Bertz CT molecular complexity index is 324. The summed E-state index contributed by atoms with van der Waals surface area (Å²) in [5, 5.41) is 11.0. The minimum atomic E-state index is 0.437. The summed E-state index contributed by atoms with van der Waals surface area (Å²) in [5.41, 5.74) is 2.48. The molecule has 17 heavy (non-hydrogen) atoms. The van der Waals surface area contributed by atoms with Gasteiger partial charge in [0.05, 0.1) is 12.8 Å². The number of nitrogens with one attached hydrogen (secondary N) is 2. The van der Waals surface area contributed by atoms with Crippen molar-refractivity contribution in [1.82, 2.24) is 20.4 Å². The molecule has 0 aliphatic heterocycles. The van der Waals surface area contributed by atoms with E-state index >= 15 is 0 Å². The molecule has 2 N–H and O–H groups in total. The number of rotatable bonds is 8. The third-order valence-electron chi connectivity index (χ3n) is 2.91. The fourth-order valence-corrected chi connectivity index (χ4v) is 1.57. The molecule has 98 valence electrons. The van der Waals surface area contributed by atoms with Crippen molar-refractivity contribution < 1.29 is 4.74 Å². The second-order valence-electron chi connectivity index (χ2n) is 4.36. The molecule has 0 radical (unpaired) electrons. The van der Waals surface area contributed by atoms with Gasteiger partial charge in [0.25, 0.3) is 0 Å². The number of ether oxygens (including phenoxy) is 1. The minimum Gasteiger partial charge on any atom is -0.383 e. The summed E-state index contributed by atoms with van der Waals surface area (Å²) in [5.74, 6) is 0. The van der Waals surface area contributed by atoms with E-state index in [4.69, 9.17) is 4.74 Å². The average Bonchev–Trinajstić information content (AvgIpc) is 2.63. The van der Waals surface area contributed by atoms with Crippen molar-refractivity contribution in [2.75, 3.05) is 26.8 Å². The van der Waals surface area contributed by atoms with Crippen molar-refractivity contribution in [2.24, 2.45) is 7.05 Å². The zero-order valence-corrected chi connectivity index (χ0v) is 11.3. The summed E-state index contributed by atoms with van der Waals surface area (Å²) in [7, 11) is 3.68. The van der Waals surface area contributed by atoms with Crippen molar-refractivity contribution in [3.63, 3.8) is 0 Å². The molecule has 0 bridgehead atoms. The SMILES string of the molecule is COCCNCC(C)NCc1cnn(C)c1C. The monoisotopic (exact) mass is 240 g/mol. The molecular formula is C12H24N4O. The summed E-state index contributed by atoms with van der Waals surface area (Å²) in [6, 6.07) is 0.437. The Balaban J connectivity index is 2.19. The highest BCUT2D eigenvalue weighted by molar-refractivity contribution is 5.15. The van der Waals surface area contributed by atoms with Gasteiger partial charge in [-0.2, -0.15) is 5.10 Å². The molecule has 0 amide bonds. The molecule has 0 fully saturated rings. The molecule has 1 aromatic rings. The smallest absolute Gasteiger partial charge is 0.0587 e. The summed E-state index contributed by atoms with van der Waals surface area (Å²) in [6.07, 6.45) is 1.92. The highest BCUT2D eigenvalue weighted by Gasteiger charge is 2.05. The molecule has 1 rings (SSSR count). The normalized spacial score (nSPS) is 12.9. The van der Waals surface area contributed by atoms with Crippen LogP contribution >= 0.6 is 0 Å². The molecule has 1 atom stereocenters. The molecule has 5 heteroatoms. The van der Waals surface area contributed by atoms with Gasteiger partial charge >= 0.3 is 0 Å². The maximum atomic E-state index is 4.98. The van der Waals surface area contributed by atoms with Crippen LogP contribution in [0.4, 0.5) is 0 Å². The predicted molar refractivity (Wildman–Crippen MR) is 69.0 cm³/mol. The lowest BCUT2D eigenvalue weighted by Gasteiger charge is -2.14.